The fourth-order valence-corrected chi connectivity index (χ4v) is 2.35. The van der Waals surface area contributed by atoms with Gasteiger partial charge in [-0.2, -0.15) is 0 Å². The molecule has 1 aromatic carbocycles. The van der Waals surface area contributed by atoms with Crippen LogP contribution in [-0.4, -0.2) is 28.4 Å². The van der Waals surface area contributed by atoms with Crippen molar-refractivity contribution in [2.24, 2.45) is 0 Å². The predicted octanol–water partition coefficient (Wildman–Crippen LogP) is 2.49. The number of rotatable bonds is 6. The molecule has 24 heavy (non-hydrogen) atoms. The van der Waals surface area contributed by atoms with Gasteiger partial charge in [0.15, 0.2) is 18.0 Å². The van der Waals surface area contributed by atoms with E-state index in [0.29, 0.717) is 23.6 Å². The van der Waals surface area contributed by atoms with E-state index in [9.17, 15) is 4.79 Å². The van der Waals surface area contributed by atoms with Crippen LogP contribution in [0.3, 0.4) is 0 Å². The van der Waals surface area contributed by atoms with Crippen LogP contribution in [0.5, 0.6) is 5.75 Å². The molecule has 3 N–H and O–H groups in total. The molecule has 0 spiro atoms. The van der Waals surface area contributed by atoms with Crippen molar-refractivity contribution in [2.45, 2.75) is 13.3 Å². The second kappa shape index (κ2) is 7.04. The third kappa shape index (κ3) is 3.48. The van der Waals surface area contributed by atoms with Crippen LogP contribution >= 0.6 is 0 Å². The Morgan fingerprint density at radius 3 is 2.83 bits per heavy atom. The monoisotopic (exact) mass is 324 g/mol. The number of imidazole rings is 1. The molecule has 0 unspecified atom stereocenters. The Balaban J connectivity index is 1.82. The summed E-state index contributed by atoms with van der Waals surface area (Å²) in [5.74, 6) is 0.440. The van der Waals surface area contributed by atoms with Gasteiger partial charge in [-0.05, 0) is 30.7 Å². The molecule has 2 aromatic heterocycles. The molecule has 0 aliphatic carbocycles. The Kier molecular flexibility index (Phi) is 4.65. The van der Waals surface area contributed by atoms with Crippen molar-refractivity contribution in [3.63, 3.8) is 0 Å². The molecule has 0 fully saturated rings. The van der Waals surface area contributed by atoms with Crippen LogP contribution in [0.1, 0.15) is 13.3 Å². The molecule has 0 aliphatic rings. The lowest BCUT2D eigenvalue weighted by Gasteiger charge is -2.07. The largest absolute Gasteiger partial charge is 0.480 e. The van der Waals surface area contributed by atoms with Crippen molar-refractivity contribution < 1.29 is 9.53 Å². The lowest BCUT2D eigenvalue weighted by Crippen LogP contribution is -2.29. The minimum Gasteiger partial charge on any atom is -0.480 e. The van der Waals surface area contributed by atoms with E-state index < -0.39 is 0 Å². The van der Waals surface area contributed by atoms with Crippen molar-refractivity contribution in [3.8, 4) is 17.0 Å². The smallest absolute Gasteiger partial charge is 0.257 e. The highest BCUT2D eigenvalue weighted by Gasteiger charge is 2.10. The minimum absolute atomic E-state index is 0.0241. The number of nitrogen functional groups attached to an aromatic ring is 1. The molecular formula is C18H20N4O2. The van der Waals surface area contributed by atoms with Crippen molar-refractivity contribution in [2.75, 3.05) is 18.9 Å². The lowest BCUT2D eigenvalue weighted by molar-refractivity contribution is -0.123. The molecule has 0 aliphatic heterocycles. The van der Waals surface area contributed by atoms with E-state index in [0.717, 1.165) is 17.7 Å². The maximum atomic E-state index is 11.7. The molecule has 3 rings (SSSR count). The van der Waals surface area contributed by atoms with E-state index in [1.54, 1.807) is 0 Å². The van der Waals surface area contributed by atoms with Gasteiger partial charge >= 0.3 is 0 Å². The predicted molar refractivity (Wildman–Crippen MR) is 93.8 cm³/mol. The standard InChI is InChI=1S/C18H20N4O2/c1-2-9-20-17(23)12-24-16-4-3-10-22-11-15(21-18(16)22)13-5-7-14(19)8-6-13/h3-8,10-11H,2,9,12,19H2,1H3,(H,20,23). The zero-order chi connectivity index (χ0) is 16.9. The van der Waals surface area contributed by atoms with Gasteiger partial charge in [0.2, 0.25) is 0 Å². The minimum atomic E-state index is -0.135. The van der Waals surface area contributed by atoms with E-state index >= 15 is 0 Å². The Morgan fingerprint density at radius 1 is 1.29 bits per heavy atom. The third-order valence-corrected chi connectivity index (χ3v) is 3.58. The number of hydrogen-bond donors (Lipinski definition) is 2. The quantitative estimate of drug-likeness (QED) is 0.683. The molecule has 0 radical (unpaired) electrons. The van der Waals surface area contributed by atoms with Crippen molar-refractivity contribution in [3.05, 3.63) is 48.8 Å². The fourth-order valence-electron chi connectivity index (χ4n) is 2.35. The van der Waals surface area contributed by atoms with Crippen LogP contribution in [0.4, 0.5) is 5.69 Å². The second-order valence-electron chi connectivity index (χ2n) is 5.49. The normalized spacial score (nSPS) is 10.7. The summed E-state index contributed by atoms with van der Waals surface area (Å²) in [4.78, 5) is 16.3. The van der Waals surface area contributed by atoms with Crippen LogP contribution in [0.2, 0.25) is 0 Å². The number of carbonyl (C=O) groups excluding carboxylic acids is 1. The molecule has 2 heterocycles. The summed E-state index contributed by atoms with van der Waals surface area (Å²) < 4.78 is 7.51. The first kappa shape index (κ1) is 15.9. The number of aromatic nitrogens is 2. The Hall–Kier alpha value is -3.02. The summed E-state index contributed by atoms with van der Waals surface area (Å²) in [6.07, 6.45) is 4.71. The fraction of sp³-hybridized carbons (Fsp3) is 0.222. The number of amides is 1. The number of ether oxygens (including phenoxy) is 1. The van der Waals surface area contributed by atoms with E-state index in [4.69, 9.17) is 10.5 Å². The van der Waals surface area contributed by atoms with E-state index in [2.05, 4.69) is 10.3 Å². The number of nitrogens with zero attached hydrogens (tertiary/aromatic N) is 2. The zero-order valence-corrected chi connectivity index (χ0v) is 13.5. The van der Waals surface area contributed by atoms with Gasteiger partial charge in [0.05, 0.1) is 5.69 Å². The summed E-state index contributed by atoms with van der Waals surface area (Å²) in [6.45, 7) is 2.63. The van der Waals surface area contributed by atoms with Gasteiger partial charge in [-0.1, -0.05) is 19.1 Å². The molecule has 0 bridgehead atoms. The van der Waals surface area contributed by atoms with Crippen LogP contribution in [0, 0.1) is 0 Å². The summed E-state index contributed by atoms with van der Waals surface area (Å²) in [5.41, 5.74) is 8.90. The van der Waals surface area contributed by atoms with Crippen LogP contribution in [0.25, 0.3) is 16.9 Å². The Labute approximate surface area is 140 Å². The van der Waals surface area contributed by atoms with E-state index in [1.165, 1.54) is 0 Å². The number of fused-ring (bicyclic) bond motifs is 1. The molecule has 6 nitrogen and oxygen atoms in total. The molecule has 3 aromatic rings. The van der Waals surface area contributed by atoms with Crippen molar-refractivity contribution >= 4 is 17.2 Å². The molecule has 0 saturated carbocycles. The summed E-state index contributed by atoms with van der Waals surface area (Å²) in [6, 6.07) is 11.2. The summed E-state index contributed by atoms with van der Waals surface area (Å²) in [5, 5.41) is 2.78. The highest BCUT2D eigenvalue weighted by molar-refractivity contribution is 5.77. The highest BCUT2D eigenvalue weighted by Crippen LogP contribution is 2.25. The van der Waals surface area contributed by atoms with E-state index in [1.807, 2.05) is 60.1 Å². The molecular weight excluding hydrogens is 304 g/mol. The average Bonchev–Trinajstić information content (AvgIpc) is 3.03. The number of pyridine rings is 1. The first-order valence-corrected chi connectivity index (χ1v) is 7.90. The summed E-state index contributed by atoms with van der Waals surface area (Å²) in [7, 11) is 0. The molecule has 1 amide bonds. The zero-order valence-electron chi connectivity index (χ0n) is 13.5. The van der Waals surface area contributed by atoms with Crippen LogP contribution < -0.4 is 15.8 Å². The number of nitrogens with two attached hydrogens (primary N) is 1. The number of carbonyl (C=O) groups is 1. The van der Waals surface area contributed by atoms with Gasteiger partial charge in [0.25, 0.3) is 5.91 Å². The first-order valence-electron chi connectivity index (χ1n) is 7.90. The Morgan fingerprint density at radius 2 is 2.08 bits per heavy atom. The number of nitrogens with one attached hydrogen (secondary N) is 1. The van der Waals surface area contributed by atoms with Crippen LogP contribution in [0.15, 0.2) is 48.8 Å². The van der Waals surface area contributed by atoms with Gasteiger partial charge in [-0.25, -0.2) is 4.98 Å². The van der Waals surface area contributed by atoms with Gasteiger partial charge in [0, 0.05) is 30.2 Å². The maximum absolute atomic E-state index is 11.7. The average molecular weight is 324 g/mol. The van der Waals surface area contributed by atoms with Crippen molar-refractivity contribution in [1.29, 1.82) is 0 Å². The number of anilines is 1. The molecule has 0 saturated heterocycles. The number of hydrogen-bond acceptors (Lipinski definition) is 4. The van der Waals surface area contributed by atoms with Gasteiger partial charge in [-0.15, -0.1) is 0 Å². The van der Waals surface area contributed by atoms with Gasteiger partial charge in [-0.3, -0.25) is 4.79 Å². The SMILES string of the molecule is CCCNC(=O)COc1cccn2cc(-c3ccc(N)cc3)nc12. The van der Waals surface area contributed by atoms with Crippen LogP contribution in [-0.2, 0) is 4.79 Å². The van der Waals surface area contributed by atoms with Gasteiger partial charge in [0.1, 0.15) is 0 Å². The summed E-state index contributed by atoms with van der Waals surface area (Å²) >= 11 is 0. The number of benzene rings is 1. The molecule has 6 heteroatoms. The third-order valence-electron chi connectivity index (χ3n) is 3.58. The molecule has 0 atom stereocenters. The van der Waals surface area contributed by atoms with Gasteiger partial charge < -0.3 is 20.2 Å². The first-order chi connectivity index (χ1) is 11.7. The van der Waals surface area contributed by atoms with E-state index in [-0.39, 0.29) is 12.5 Å². The topological polar surface area (TPSA) is 81.6 Å². The maximum Gasteiger partial charge on any atom is 0.257 e. The second-order valence-corrected chi connectivity index (χ2v) is 5.49. The Bertz CT molecular complexity index is 840. The lowest BCUT2D eigenvalue weighted by atomic mass is 10.1. The highest BCUT2D eigenvalue weighted by atomic mass is 16.5. The molecule has 124 valence electrons. The van der Waals surface area contributed by atoms with Crippen molar-refractivity contribution in [1.82, 2.24) is 14.7 Å².